The molecule has 1 N–H and O–H groups in total. The summed E-state index contributed by atoms with van der Waals surface area (Å²) < 4.78 is 0. The molecule has 3 heteroatoms. The number of carboxylic acids is 1. The van der Waals surface area contributed by atoms with Gasteiger partial charge in [0, 0.05) is 12.4 Å². The van der Waals surface area contributed by atoms with Crippen molar-refractivity contribution in [1.29, 1.82) is 0 Å². The summed E-state index contributed by atoms with van der Waals surface area (Å²) in [6, 6.07) is 3.67. The van der Waals surface area contributed by atoms with E-state index in [1.54, 1.807) is 12.4 Å². The minimum atomic E-state index is -0.687. The minimum absolute atomic E-state index is 0.652. The van der Waals surface area contributed by atoms with Gasteiger partial charge in [0.25, 0.3) is 0 Å². The molecule has 0 saturated heterocycles. The molecule has 0 amide bonds. The van der Waals surface area contributed by atoms with Gasteiger partial charge in [-0.3, -0.25) is 9.78 Å². The highest BCUT2D eigenvalue weighted by Crippen LogP contribution is 2.39. The molecule has 0 aliphatic heterocycles. The van der Waals surface area contributed by atoms with Gasteiger partial charge in [-0.2, -0.15) is 0 Å². The first-order valence-electron chi connectivity index (χ1n) is 5.40. The number of hydrogen-bond acceptors (Lipinski definition) is 2. The van der Waals surface area contributed by atoms with E-state index in [4.69, 9.17) is 0 Å². The van der Waals surface area contributed by atoms with Gasteiger partial charge in [0.2, 0.25) is 0 Å². The molecule has 1 aromatic rings. The largest absolute Gasteiger partial charge is 0.481 e. The van der Waals surface area contributed by atoms with E-state index in [0.717, 1.165) is 37.7 Å². The fourth-order valence-electron chi connectivity index (χ4n) is 2.45. The lowest BCUT2D eigenvalue weighted by Crippen LogP contribution is -2.37. The van der Waals surface area contributed by atoms with Crippen molar-refractivity contribution in [3.05, 3.63) is 30.1 Å². The monoisotopic (exact) mass is 205 g/mol. The maximum absolute atomic E-state index is 11.5. The highest BCUT2D eigenvalue weighted by molar-refractivity contribution is 5.81. The molecule has 0 aromatic carbocycles. The zero-order chi connectivity index (χ0) is 10.7. The van der Waals surface area contributed by atoms with Gasteiger partial charge >= 0.3 is 5.97 Å². The van der Waals surface area contributed by atoms with E-state index >= 15 is 0 Å². The van der Waals surface area contributed by atoms with Crippen molar-refractivity contribution in [2.45, 2.75) is 37.5 Å². The number of carboxylic acid groups (broad SMARTS) is 1. The molecule has 2 rings (SSSR count). The van der Waals surface area contributed by atoms with Crippen LogP contribution in [0.15, 0.2) is 24.5 Å². The fraction of sp³-hybridized carbons (Fsp3) is 0.500. The van der Waals surface area contributed by atoms with Crippen LogP contribution in [0.5, 0.6) is 0 Å². The lowest BCUT2D eigenvalue weighted by molar-refractivity contribution is -0.145. The number of nitrogens with zero attached hydrogens (tertiary/aromatic N) is 1. The van der Waals surface area contributed by atoms with Gasteiger partial charge in [-0.25, -0.2) is 0 Å². The Bertz CT molecular complexity index is 342. The van der Waals surface area contributed by atoms with E-state index in [1.165, 1.54) is 0 Å². The van der Waals surface area contributed by atoms with Gasteiger partial charge in [-0.05, 0) is 30.5 Å². The molecule has 0 radical (unpaired) electrons. The van der Waals surface area contributed by atoms with Crippen LogP contribution in [0.2, 0.25) is 0 Å². The van der Waals surface area contributed by atoms with Crippen LogP contribution in [0.4, 0.5) is 0 Å². The first-order valence-corrected chi connectivity index (χ1v) is 5.40. The lowest BCUT2D eigenvalue weighted by Gasteiger charge is -2.33. The number of rotatable bonds is 2. The van der Waals surface area contributed by atoms with E-state index in [-0.39, 0.29) is 0 Å². The van der Waals surface area contributed by atoms with Crippen molar-refractivity contribution in [3.63, 3.8) is 0 Å². The predicted octanol–water partition coefficient (Wildman–Crippen LogP) is 2.37. The van der Waals surface area contributed by atoms with Crippen LogP contribution >= 0.6 is 0 Å². The van der Waals surface area contributed by atoms with Gasteiger partial charge < -0.3 is 5.11 Å². The molecule has 0 bridgehead atoms. The summed E-state index contributed by atoms with van der Waals surface area (Å²) in [6.45, 7) is 0. The van der Waals surface area contributed by atoms with Crippen molar-refractivity contribution in [3.8, 4) is 0 Å². The molecule has 0 spiro atoms. The third-order valence-electron chi connectivity index (χ3n) is 3.35. The van der Waals surface area contributed by atoms with Gasteiger partial charge in [-0.15, -0.1) is 0 Å². The van der Waals surface area contributed by atoms with E-state index in [2.05, 4.69) is 4.98 Å². The van der Waals surface area contributed by atoms with Crippen molar-refractivity contribution in [1.82, 2.24) is 4.98 Å². The number of carbonyl (C=O) groups is 1. The summed E-state index contributed by atoms with van der Waals surface area (Å²) in [5, 5.41) is 9.42. The number of hydrogen-bond donors (Lipinski definition) is 1. The highest BCUT2D eigenvalue weighted by atomic mass is 16.4. The number of aliphatic carboxylic acids is 1. The number of pyridine rings is 1. The third kappa shape index (κ3) is 1.74. The van der Waals surface area contributed by atoms with Gasteiger partial charge in [-0.1, -0.05) is 19.3 Å². The topological polar surface area (TPSA) is 50.2 Å². The molecule has 1 aromatic heterocycles. The second-order valence-corrected chi connectivity index (χ2v) is 4.18. The molecule has 1 aliphatic rings. The maximum atomic E-state index is 11.5. The standard InChI is InChI=1S/C12H15NO2/c14-11(15)12(6-2-1-3-7-12)10-4-8-13-9-5-10/h4-5,8-9H,1-3,6-7H2,(H,14,15). The molecule has 1 heterocycles. The molecule has 3 nitrogen and oxygen atoms in total. The minimum Gasteiger partial charge on any atom is -0.481 e. The Labute approximate surface area is 89.2 Å². The summed E-state index contributed by atoms with van der Waals surface area (Å²) in [6.07, 6.45) is 8.03. The number of aromatic nitrogens is 1. The van der Waals surface area contributed by atoms with Crippen molar-refractivity contribution in [2.75, 3.05) is 0 Å². The smallest absolute Gasteiger partial charge is 0.314 e. The summed E-state index contributed by atoms with van der Waals surface area (Å²) in [5.74, 6) is -0.687. The van der Waals surface area contributed by atoms with Crippen LogP contribution in [-0.2, 0) is 10.2 Å². The van der Waals surface area contributed by atoms with E-state index in [1.807, 2.05) is 12.1 Å². The molecule has 0 unspecified atom stereocenters. The Morgan fingerprint density at radius 3 is 2.33 bits per heavy atom. The third-order valence-corrected chi connectivity index (χ3v) is 3.35. The van der Waals surface area contributed by atoms with Crippen LogP contribution < -0.4 is 0 Å². The summed E-state index contributed by atoms with van der Waals surface area (Å²) in [7, 11) is 0. The van der Waals surface area contributed by atoms with Crippen molar-refractivity contribution in [2.24, 2.45) is 0 Å². The van der Waals surface area contributed by atoms with Crippen LogP contribution in [0.3, 0.4) is 0 Å². The molecule has 1 aliphatic carbocycles. The molecular weight excluding hydrogens is 190 g/mol. The van der Waals surface area contributed by atoms with Crippen LogP contribution in [-0.4, -0.2) is 16.1 Å². The maximum Gasteiger partial charge on any atom is 0.314 e. The Hall–Kier alpha value is -1.38. The molecular formula is C12H15NO2. The van der Waals surface area contributed by atoms with E-state index < -0.39 is 11.4 Å². The fourth-order valence-corrected chi connectivity index (χ4v) is 2.45. The van der Waals surface area contributed by atoms with Gasteiger partial charge in [0.05, 0.1) is 5.41 Å². The Morgan fingerprint density at radius 2 is 1.80 bits per heavy atom. The lowest BCUT2D eigenvalue weighted by atomic mass is 9.70. The summed E-state index contributed by atoms with van der Waals surface area (Å²) in [4.78, 5) is 15.4. The molecule has 0 atom stereocenters. The zero-order valence-electron chi connectivity index (χ0n) is 8.65. The Balaban J connectivity index is 2.38. The summed E-state index contributed by atoms with van der Waals surface area (Å²) >= 11 is 0. The van der Waals surface area contributed by atoms with Crippen LogP contribution in [0.25, 0.3) is 0 Å². The van der Waals surface area contributed by atoms with E-state index in [0.29, 0.717) is 0 Å². The first-order chi connectivity index (χ1) is 7.26. The Morgan fingerprint density at radius 1 is 1.20 bits per heavy atom. The van der Waals surface area contributed by atoms with Crippen LogP contribution in [0, 0.1) is 0 Å². The quantitative estimate of drug-likeness (QED) is 0.806. The normalized spacial score (nSPS) is 19.7. The average Bonchev–Trinajstić information content (AvgIpc) is 2.31. The predicted molar refractivity (Wildman–Crippen MR) is 56.6 cm³/mol. The summed E-state index contributed by atoms with van der Waals surface area (Å²) in [5.41, 5.74) is 0.256. The Kier molecular flexibility index (Phi) is 2.71. The molecule has 15 heavy (non-hydrogen) atoms. The SMILES string of the molecule is O=C(O)C1(c2ccncc2)CCCCC1. The second kappa shape index (κ2) is 4.01. The first kappa shape index (κ1) is 10.1. The van der Waals surface area contributed by atoms with Crippen molar-refractivity contribution < 1.29 is 9.90 Å². The second-order valence-electron chi connectivity index (χ2n) is 4.18. The van der Waals surface area contributed by atoms with E-state index in [9.17, 15) is 9.90 Å². The van der Waals surface area contributed by atoms with Crippen molar-refractivity contribution >= 4 is 5.97 Å². The van der Waals surface area contributed by atoms with Gasteiger partial charge in [0.15, 0.2) is 0 Å². The molecule has 1 saturated carbocycles. The molecule has 80 valence electrons. The van der Waals surface area contributed by atoms with Gasteiger partial charge in [0.1, 0.15) is 0 Å². The zero-order valence-corrected chi connectivity index (χ0v) is 8.65. The average molecular weight is 205 g/mol. The highest BCUT2D eigenvalue weighted by Gasteiger charge is 2.40. The molecule has 1 fully saturated rings. The van der Waals surface area contributed by atoms with Crippen LogP contribution in [0.1, 0.15) is 37.7 Å².